The first kappa shape index (κ1) is 15.0. The Morgan fingerprint density at radius 2 is 2.00 bits per heavy atom. The number of nitrogens with zero attached hydrogens (tertiary/aromatic N) is 1. The van der Waals surface area contributed by atoms with Crippen LogP contribution < -0.4 is 5.73 Å². The molecule has 2 aliphatic heterocycles. The lowest BCUT2D eigenvalue weighted by Crippen LogP contribution is -2.49. The Labute approximate surface area is 130 Å². The van der Waals surface area contributed by atoms with Crippen LogP contribution in [0.4, 0.5) is 0 Å². The van der Waals surface area contributed by atoms with Gasteiger partial charge in [-0.2, -0.15) is 0 Å². The Morgan fingerprint density at radius 1 is 1.32 bits per heavy atom. The summed E-state index contributed by atoms with van der Waals surface area (Å²) < 4.78 is 5.35. The first-order valence-electron chi connectivity index (χ1n) is 7.89. The molecule has 0 radical (unpaired) electrons. The maximum atomic E-state index is 12.6. The van der Waals surface area contributed by atoms with Gasteiger partial charge in [0.1, 0.15) is 0 Å². The van der Waals surface area contributed by atoms with Gasteiger partial charge in [-0.15, -0.1) is 0 Å². The molecule has 118 valence electrons. The highest BCUT2D eigenvalue weighted by atomic mass is 16.5. The average molecular weight is 302 g/mol. The maximum Gasteiger partial charge on any atom is 0.339 e. The number of carbonyl (C=O) groups is 2. The molecule has 1 saturated heterocycles. The second-order valence-corrected chi connectivity index (χ2v) is 6.28. The van der Waals surface area contributed by atoms with Crippen LogP contribution in [0.15, 0.2) is 24.3 Å². The molecule has 2 heterocycles. The largest absolute Gasteiger partial charge is 0.448 e. The number of hydrogen-bond acceptors (Lipinski definition) is 4. The lowest BCUT2D eigenvalue weighted by atomic mass is 9.90. The topological polar surface area (TPSA) is 72.6 Å². The van der Waals surface area contributed by atoms with E-state index in [4.69, 9.17) is 10.5 Å². The van der Waals surface area contributed by atoms with Crippen LogP contribution in [-0.2, 0) is 16.0 Å². The van der Waals surface area contributed by atoms with E-state index >= 15 is 0 Å². The minimum atomic E-state index is -0.686. The number of nitrogens with two attached hydrogens (primary N) is 1. The fourth-order valence-electron chi connectivity index (χ4n) is 3.32. The average Bonchev–Trinajstić information content (AvgIpc) is 2.54. The zero-order chi connectivity index (χ0) is 15.7. The van der Waals surface area contributed by atoms with Crippen LogP contribution in [0.2, 0.25) is 0 Å². The van der Waals surface area contributed by atoms with Crippen molar-refractivity contribution in [2.45, 2.75) is 38.3 Å². The molecule has 3 rings (SSSR count). The molecule has 1 aromatic rings. The third kappa shape index (κ3) is 2.86. The highest BCUT2D eigenvalue weighted by Gasteiger charge is 2.35. The molecule has 0 spiro atoms. The lowest BCUT2D eigenvalue weighted by molar-refractivity contribution is -0.142. The van der Waals surface area contributed by atoms with Gasteiger partial charge in [-0.1, -0.05) is 18.2 Å². The monoisotopic (exact) mass is 302 g/mol. The van der Waals surface area contributed by atoms with E-state index in [1.807, 2.05) is 24.0 Å². The normalized spacial score (nSPS) is 23.6. The van der Waals surface area contributed by atoms with Crippen molar-refractivity contribution in [3.8, 4) is 0 Å². The summed E-state index contributed by atoms with van der Waals surface area (Å²) in [6.45, 7) is 3.41. The SMILES string of the molecule is CC(N)C1CCN(C(=O)C2Cc3ccccc3C(=O)O2)CC1. The van der Waals surface area contributed by atoms with Crippen molar-refractivity contribution < 1.29 is 14.3 Å². The molecule has 0 bridgehead atoms. The Kier molecular flexibility index (Phi) is 4.16. The standard InChI is InChI=1S/C17H22N2O3/c1-11(18)12-6-8-19(9-7-12)16(20)15-10-13-4-2-3-5-14(13)17(21)22-15/h2-5,11-12,15H,6-10,18H2,1H3. The molecule has 2 N–H and O–H groups in total. The van der Waals surface area contributed by atoms with Crippen LogP contribution >= 0.6 is 0 Å². The molecule has 2 atom stereocenters. The lowest BCUT2D eigenvalue weighted by Gasteiger charge is -2.36. The molecule has 0 saturated carbocycles. The van der Waals surface area contributed by atoms with Crippen LogP contribution in [0.25, 0.3) is 0 Å². The molecular formula is C17H22N2O3. The summed E-state index contributed by atoms with van der Waals surface area (Å²) >= 11 is 0. The number of amides is 1. The van der Waals surface area contributed by atoms with E-state index in [1.54, 1.807) is 12.1 Å². The van der Waals surface area contributed by atoms with Crippen LogP contribution in [0.3, 0.4) is 0 Å². The number of carbonyl (C=O) groups excluding carboxylic acids is 2. The van der Waals surface area contributed by atoms with E-state index in [1.165, 1.54) is 0 Å². The van der Waals surface area contributed by atoms with Gasteiger partial charge in [0.25, 0.3) is 5.91 Å². The van der Waals surface area contributed by atoms with Crippen LogP contribution in [0, 0.1) is 5.92 Å². The Balaban J connectivity index is 1.66. The summed E-state index contributed by atoms with van der Waals surface area (Å²) in [5.41, 5.74) is 7.39. The highest BCUT2D eigenvalue weighted by molar-refractivity contribution is 5.95. The number of cyclic esters (lactones) is 1. The van der Waals surface area contributed by atoms with Crippen molar-refractivity contribution in [2.75, 3.05) is 13.1 Å². The minimum absolute atomic E-state index is 0.0778. The Hall–Kier alpha value is -1.88. The minimum Gasteiger partial charge on any atom is -0.448 e. The number of hydrogen-bond donors (Lipinski definition) is 1. The fraction of sp³-hybridized carbons (Fsp3) is 0.529. The number of piperidine rings is 1. The van der Waals surface area contributed by atoms with Crippen molar-refractivity contribution in [3.05, 3.63) is 35.4 Å². The van der Waals surface area contributed by atoms with Crippen molar-refractivity contribution in [2.24, 2.45) is 11.7 Å². The van der Waals surface area contributed by atoms with Gasteiger partial charge in [-0.3, -0.25) is 4.79 Å². The van der Waals surface area contributed by atoms with Gasteiger partial charge in [0, 0.05) is 25.6 Å². The summed E-state index contributed by atoms with van der Waals surface area (Å²) in [5.74, 6) is -0.00433. The molecule has 2 aliphatic rings. The summed E-state index contributed by atoms with van der Waals surface area (Å²) in [4.78, 5) is 26.4. The predicted molar refractivity (Wildman–Crippen MR) is 82.3 cm³/mol. The molecule has 0 aliphatic carbocycles. The first-order chi connectivity index (χ1) is 10.6. The number of rotatable bonds is 2. The Bertz CT molecular complexity index is 577. The van der Waals surface area contributed by atoms with E-state index in [0.717, 1.165) is 18.4 Å². The van der Waals surface area contributed by atoms with Crippen LogP contribution in [0.5, 0.6) is 0 Å². The predicted octanol–water partition coefficient (Wildman–Crippen LogP) is 1.35. The molecule has 0 aromatic heterocycles. The molecule has 1 amide bonds. The highest BCUT2D eigenvalue weighted by Crippen LogP contribution is 2.24. The molecule has 1 fully saturated rings. The smallest absolute Gasteiger partial charge is 0.339 e. The van der Waals surface area contributed by atoms with E-state index in [-0.39, 0.29) is 11.9 Å². The molecule has 5 nitrogen and oxygen atoms in total. The van der Waals surface area contributed by atoms with Gasteiger partial charge >= 0.3 is 5.97 Å². The summed E-state index contributed by atoms with van der Waals surface area (Å²) in [6.07, 6.45) is 1.62. The van der Waals surface area contributed by atoms with Crippen molar-refractivity contribution in [1.82, 2.24) is 4.90 Å². The van der Waals surface area contributed by atoms with Gasteiger partial charge in [0.2, 0.25) is 0 Å². The van der Waals surface area contributed by atoms with Gasteiger partial charge in [-0.25, -0.2) is 4.79 Å². The second kappa shape index (κ2) is 6.08. The Morgan fingerprint density at radius 3 is 2.68 bits per heavy atom. The van der Waals surface area contributed by atoms with Crippen molar-refractivity contribution >= 4 is 11.9 Å². The van der Waals surface area contributed by atoms with E-state index in [2.05, 4.69) is 0 Å². The van der Waals surface area contributed by atoms with Crippen LogP contribution in [0.1, 0.15) is 35.7 Å². The van der Waals surface area contributed by atoms with Gasteiger partial charge in [0.15, 0.2) is 6.10 Å². The fourth-order valence-corrected chi connectivity index (χ4v) is 3.32. The molecular weight excluding hydrogens is 280 g/mol. The summed E-state index contributed by atoms with van der Waals surface area (Å²) in [7, 11) is 0. The molecule has 2 unspecified atom stereocenters. The molecule has 1 aromatic carbocycles. The number of esters is 1. The van der Waals surface area contributed by atoms with Gasteiger partial charge in [0.05, 0.1) is 5.56 Å². The van der Waals surface area contributed by atoms with E-state index in [0.29, 0.717) is 31.0 Å². The zero-order valence-electron chi connectivity index (χ0n) is 12.8. The summed E-state index contributed by atoms with van der Waals surface area (Å²) in [6, 6.07) is 7.48. The zero-order valence-corrected chi connectivity index (χ0v) is 12.8. The first-order valence-corrected chi connectivity index (χ1v) is 7.89. The number of benzene rings is 1. The van der Waals surface area contributed by atoms with Crippen LogP contribution in [-0.4, -0.2) is 42.0 Å². The summed E-state index contributed by atoms with van der Waals surface area (Å²) in [5, 5.41) is 0. The van der Waals surface area contributed by atoms with E-state index < -0.39 is 12.1 Å². The van der Waals surface area contributed by atoms with Crippen molar-refractivity contribution in [1.29, 1.82) is 0 Å². The van der Waals surface area contributed by atoms with Gasteiger partial charge in [-0.05, 0) is 37.3 Å². The second-order valence-electron chi connectivity index (χ2n) is 6.28. The quantitative estimate of drug-likeness (QED) is 0.837. The number of fused-ring (bicyclic) bond motifs is 1. The molecule has 22 heavy (non-hydrogen) atoms. The molecule has 5 heteroatoms. The van der Waals surface area contributed by atoms with Crippen molar-refractivity contribution in [3.63, 3.8) is 0 Å². The van der Waals surface area contributed by atoms with Gasteiger partial charge < -0.3 is 15.4 Å². The third-order valence-corrected chi connectivity index (χ3v) is 4.76. The third-order valence-electron chi connectivity index (χ3n) is 4.76. The maximum absolute atomic E-state index is 12.6. The van der Waals surface area contributed by atoms with E-state index in [9.17, 15) is 9.59 Å². The number of ether oxygens (including phenoxy) is 1. The number of likely N-dealkylation sites (tertiary alicyclic amines) is 1.